The molecule has 2 aromatic heterocycles. The van der Waals surface area contributed by atoms with Crippen LogP contribution >= 0.6 is 11.6 Å². The van der Waals surface area contributed by atoms with E-state index in [0.29, 0.717) is 5.15 Å². The monoisotopic (exact) mass is 236 g/mol. The molecule has 0 aromatic carbocycles. The Morgan fingerprint density at radius 1 is 1.50 bits per heavy atom. The number of likely N-dealkylation sites (N-methyl/N-ethyl adjacent to an activating group) is 1. The Labute approximate surface area is 99.1 Å². The van der Waals surface area contributed by atoms with E-state index in [-0.39, 0.29) is 0 Å². The van der Waals surface area contributed by atoms with E-state index in [1.54, 1.807) is 12.4 Å². The summed E-state index contributed by atoms with van der Waals surface area (Å²) in [6.45, 7) is 0.869. The minimum atomic E-state index is 0.536. The van der Waals surface area contributed by atoms with E-state index in [9.17, 15) is 0 Å². The van der Waals surface area contributed by atoms with Gasteiger partial charge in [0.05, 0.1) is 5.69 Å². The number of rotatable bonds is 4. The number of halogens is 1. The van der Waals surface area contributed by atoms with Gasteiger partial charge in [0.15, 0.2) is 5.15 Å². The highest BCUT2D eigenvalue weighted by Gasteiger charge is 2.08. The van der Waals surface area contributed by atoms with Gasteiger partial charge >= 0.3 is 0 Å². The van der Waals surface area contributed by atoms with Gasteiger partial charge in [0.2, 0.25) is 0 Å². The maximum absolute atomic E-state index is 6.04. The fourth-order valence-corrected chi connectivity index (χ4v) is 1.67. The minimum Gasteiger partial charge on any atom is -0.340 e. The molecule has 0 unspecified atom stereocenters. The lowest BCUT2D eigenvalue weighted by Crippen LogP contribution is -2.10. The summed E-state index contributed by atoms with van der Waals surface area (Å²) in [5, 5.41) is 3.61. The summed E-state index contributed by atoms with van der Waals surface area (Å²) >= 11 is 6.04. The van der Waals surface area contributed by atoms with Crippen LogP contribution in [0.3, 0.4) is 0 Å². The van der Waals surface area contributed by atoms with Crippen molar-refractivity contribution in [3.8, 4) is 11.4 Å². The van der Waals surface area contributed by atoms with Gasteiger partial charge in [-0.1, -0.05) is 11.6 Å². The van der Waals surface area contributed by atoms with E-state index < -0.39 is 0 Å². The lowest BCUT2D eigenvalue weighted by Gasteiger charge is -1.96. The summed E-state index contributed by atoms with van der Waals surface area (Å²) in [6, 6.07) is 3.82. The molecule has 0 aliphatic carbocycles. The van der Waals surface area contributed by atoms with E-state index >= 15 is 0 Å². The van der Waals surface area contributed by atoms with Crippen molar-refractivity contribution in [2.24, 2.45) is 0 Å². The molecule has 2 N–H and O–H groups in total. The van der Waals surface area contributed by atoms with Gasteiger partial charge < -0.3 is 10.3 Å². The number of aromatic nitrogens is 3. The molecule has 0 aliphatic rings. The summed E-state index contributed by atoms with van der Waals surface area (Å²) < 4.78 is 0. The molecule has 2 heterocycles. The maximum atomic E-state index is 6.04. The Hall–Kier alpha value is -1.39. The Kier molecular flexibility index (Phi) is 3.54. The first kappa shape index (κ1) is 11.1. The molecular weight excluding hydrogens is 224 g/mol. The van der Waals surface area contributed by atoms with Crippen molar-refractivity contribution in [3.63, 3.8) is 0 Å². The maximum Gasteiger partial charge on any atom is 0.150 e. The molecular formula is C11H13ClN4. The number of hydrogen-bond donors (Lipinski definition) is 2. The first-order valence-electron chi connectivity index (χ1n) is 5.10. The van der Waals surface area contributed by atoms with Crippen molar-refractivity contribution in [3.05, 3.63) is 35.4 Å². The second-order valence-electron chi connectivity index (χ2n) is 3.45. The Morgan fingerprint density at radius 3 is 3.06 bits per heavy atom. The van der Waals surface area contributed by atoms with Crippen molar-refractivity contribution in [2.75, 3.05) is 13.6 Å². The van der Waals surface area contributed by atoms with Gasteiger partial charge in [-0.2, -0.15) is 0 Å². The van der Waals surface area contributed by atoms with Crippen molar-refractivity contribution in [1.82, 2.24) is 20.3 Å². The van der Waals surface area contributed by atoms with Crippen molar-refractivity contribution in [1.29, 1.82) is 0 Å². The fourth-order valence-electron chi connectivity index (χ4n) is 1.44. The number of hydrogen-bond acceptors (Lipinski definition) is 3. The largest absolute Gasteiger partial charge is 0.340 e. The number of nitrogens with one attached hydrogen (secondary N) is 2. The van der Waals surface area contributed by atoms with E-state index in [4.69, 9.17) is 11.6 Å². The molecule has 16 heavy (non-hydrogen) atoms. The van der Waals surface area contributed by atoms with Crippen LogP contribution in [0.2, 0.25) is 5.15 Å². The zero-order chi connectivity index (χ0) is 11.4. The van der Waals surface area contributed by atoms with Crippen LogP contribution in [0.4, 0.5) is 0 Å². The lowest BCUT2D eigenvalue weighted by atomic mass is 10.3. The predicted molar refractivity (Wildman–Crippen MR) is 64.5 cm³/mol. The van der Waals surface area contributed by atoms with Crippen LogP contribution in [-0.2, 0) is 6.42 Å². The van der Waals surface area contributed by atoms with Gasteiger partial charge in [-0.05, 0) is 19.2 Å². The molecule has 5 heteroatoms. The van der Waals surface area contributed by atoms with Crippen molar-refractivity contribution in [2.45, 2.75) is 6.42 Å². The molecule has 0 atom stereocenters. The molecule has 0 saturated heterocycles. The van der Waals surface area contributed by atoms with Crippen molar-refractivity contribution >= 4 is 11.6 Å². The summed E-state index contributed by atoms with van der Waals surface area (Å²) in [4.78, 5) is 11.5. The predicted octanol–water partition coefficient (Wildman–Crippen LogP) is 1.89. The third-order valence-electron chi connectivity index (χ3n) is 2.29. The number of pyridine rings is 1. The molecule has 84 valence electrons. The van der Waals surface area contributed by atoms with E-state index in [2.05, 4.69) is 20.3 Å². The van der Waals surface area contributed by atoms with E-state index in [1.807, 2.05) is 19.2 Å². The third kappa shape index (κ3) is 2.40. The number of aromatic amines is 1. The summed E-state index contributed by atoms with van der Waals surface area (Å²) in [7, 11) is 1.91. The van der Waals surface area contributed by atoms with E-state index in [0.717, 1.165) is 30.0 Å². The Morgan fingerprint density at radius 2 is 2.38 bits per heavy atom. The molecule has 0 bridgehead atoms. The van der Waals surface area contributed by atoms with Gasteiger partial charge in [0.25, 0.3) is 0 Å². The first-order valence-corrected chi connectivity index (χ1v) is 5.48. The molecule has 2 aromatic rings. The van der Waals surface area contributed by atoms with Crippen LogP contribution in [0.15, 0.2) is 24.5 Å². The zero-order valence-electron chi connectivity index (χ0n) is 9.00. The standard InChI is InChI=1S/C11H13ClN4/c1-13-6-4-9-10(12)16-11(15-9)8-3-2-5-14-7-8/h2-3,5,7,13H,4,6H2,1H3,(H,15,16). The normalized spacial score (nSPS) is 10.6. The summed E-state index contributed by atoms with van der Waals surface area (Å²) in [5.74, 6) is 0.768. The van der Waals surface area contributed by atoms with Crippen LogP contribution in [0.25, 0.3) is 11.4 Å². The molecule has 0 aliphatic heterocycles. The molecule has 0 fully saturated rings. The van der Waals surface area contributed by atoms with Crippen LogP contribution in [0.5, 0.6) is 0 Å². The molecule has 0 amide bonds. The van der Waals surface area contributed by atoms with Crippen LogP contribution in [0.1, 0.15) is 5.69 Å². The van der Waals surface area contributed by atoms with Crippen LogP contribution in [-0.4, -0.2) is 28.5 Å². The zero-order valence-corrected chi connectivity index (χ0v) is 9.75. The highest BCUT2D eigenvalue weighted by atomic mass is 35.5. The molecule has 0 radical (unpaired) electrons. The topological polar surface area (TPSA) is 53.6 Å². The van der Waals surface area contributed by atoms with Gasteiger partial charge in [-0.25, -0.2) is 4.98 Å². The molecule has 4 nitrogen and oxygen atoms in total. The smallest absolute Gasteiger partial charge is 0.150 e. The van der Waals surface area contributed by atoms with Gasteiger partial charge in [-0.15, -0.1) is 0 Å². The lowest BCUT2D eigenvalue weighted by molar-refractivity contribution is 0.780. The van der Waals surface area contributed by atoms with Crippen molar-refractivity contribution < 1.29 is 0 Å². The summed E-state index contributed by atoms with van der Waals surface area (Å²) in [5.41, 5.74) is 1.90. The number of nitrogens with zero attached hydrogens (tertiary/aromatic N) is 2. The molecule has 0 saturated carbocycles. The Balaban J connectivity index is 2.24. The van der Waals surface area contributed by atoms with Gasteiger partial charge in [0, 0.05) is 30.9 Å². The summed E-state index contributed by atoms with van der Waals surface area (Å²) in [6.07, 6.45) is 4.33. The van der Waals surface area contributed by atoms with Gasteiger partial charge in [-0.3, -0.25) is 4.98 Å². The second kappa shape index (κ2) is 5.09. The number of H-pyrrole nitrogens is 1. The Bertz CT molecular complexity index is 452. The quantitative estimate of drug-likeness (QED) is 0.853. The van der Waals surface area contributed by atoms with E-state index in [1.165, 1.54) is 0 Å². The van der Waals surface area contributed by atoms with Gasteiger partial charge in [0.1, 0.15) is 5.82 Å². The average Bonchev–Trinajstić information content (AvgIpc) is 2.69. The first-order chi connectivity index (χ1) is 7.81. The fraction of sp³-hybridized carbons (Fsp3) is 0.273. The highest BCUT2D eigenvalue weighted by Crippen LogP contribution is 2.20. The minimum absolute atomic E-state index is 0.536. The highest BCUT2D eigenvalue weighted by molar-refractivity contribution is 6.30. The molecule has 2 rings (SSSR count). The average molecular weight is 237 g/mol. The second-order valence-corrected chi connectivity index (χ2v) is 3.81. The SMILES string of the molecule is CNCCc1[nH]c(-c2cccnc2)nc1Cl. The van der Waals surface area contributed by atoms with Crippen LogP contribution < -0.4 is 5.32 Å². The van der Waals surface area contributed by atoms with Crippen LogP contribution in [0, 0.1) is 0 Å². The molecule has 0 spiro atoms. The third-order valence-corrected chi connectivity index (χ3v) is 2.60. The number of imidazole rings is 1.